The Balaban J connectivity index is 1.25. The molecular formula is C27H31ClF3N7O3. The Hall–Kier alpha value is -3.16. The van der Waals surface area contributed by atoms with E-state index in [1.165, 1.54) is 7.11 Å². The molecule has 6 heterocycles. The number of hydrogen-bond donors (Lipinski definition) is 1. The lowest BCUT2D eigenvalue weighted by Crippen LogP contribution is -2.68. The van der Waals surface area contributed by atoms with Gasteiger partial charge in [0.2, 0.25) is 0 Å². The predicted octanol–water partition coefficient (Wildman–Crippen LogP) is 3.44. The molecule has 220 valence electrons. The first-order valence-corrected chi connectivity index (χ1v) is 13.9. The fraction of sp³-hybridized carbons (Fsp3) is 0.556. The van der Waals surface area contributed by atoms with E-state index in [1.807, 2.05) is 4.90 Å². The maximum absolute atomic E-state index is 13.3. The summed E-state index contributed by atoms with van der Waals surface area (Å²) in [7, 11) is 1.43. The molecule has 1 N–H and O–H groups in total. The van der Waals surface area contributed by atoms with Crippen molar-refractivity contribution in [3.63, 3.8) is 0 Å². The van der Waals surface area contributed by atoms with Gasteiger partial charge in [-0.3, -0.25) is 9.48 Å². The van der Waals surface area contributed by atoms with E-state index in [4.69, 9.17) is 21.1 Å². The van der Waals surface area contributed by atoms with Gasteiger partial charge in [-0.05, 0) is 31.4 Å². The molecule has 0 bridgehead atoms. The third-order valence-electron chi connectivity index (χ3n) is 8.40. The third kappa shape index (κ3) is 4.97. The fourth-order valence-electron chi connectivity index (χ4n) is 6.10. The molecule has 2 fully saturated rings. The van der Waals surface area contributed by atoms with Gasteiger partial charge in [-0.2, -0.15) is 28.2 Å². The fourth-order valence-corrected chi connectivity index (χ4v) is 6.38. The molecule has 2 saturated heterocycles. The van der Waals surface area contributed by atoms with E-state index in [0.717, 1.165) is 19.4 Å². The molecule has 14 heteroatoms. The van der Waals surface area contributed by atoms with Crippen LogP contribution in [0.2, 0.25) is 5.02 Å². The summed E-state index contributed by atoms with van der Waals surface area (Å²) in [5.41, 5.74) is 0.872. The molecule has 1 amide bonds. The highest BCUT2D eigenvalue weighted by Crippen LogP contribution is 2.38. The van der Waals surface area contributed by atoms with Gasteiger partial charge in [0, 0.05) is 38.2 Å². The first-order valence-electron chi connectivity index (χ1n) is 13.5. The van der Waals surface area contributed by atoms with Crippen LogP contribution in [-0.2, 0) is 30.9 Å². The molecule has 1 atom stereocenters. The number of alkyl halides is 3. The number of hydrogen-bond acceptors (Lipinski definition) is 8. The molecule has 2 aromatic heterocycles. The molecule has 41 heavy (non-hydrogen) atoms. The molecule has 6 rings (SSSR count). The van der Waals surface area contributed by atoms with Gasteiger partial charge in [0.1, 0.15) is 5.82 Å². The highest BCUT2D eigenvalue weighted by Gasteiger charge is 2.48. The number of fused-ring (bicyclic) bond motifs is 2. The summed E-state index contributed by atoms with van der Waals surface area (Å²) in [6, 6.07) is 0.0895. The summed E-state index contributed by atoms with van der Waals surface area (Å²) >= 11 is 6.80. The first-order chi connectivity index (χ1) is 19.5. The van der Waals surface area contributed by atoms with Gasteiger partial charge in [-0.15, -0.1) is 0 Å². The number of aryl methyl sites for hydroxylation is 1. The summed E-state index contributed by atoms with van der Waals surface area (Å²) in [5.74, 6) is 0.365. The van der Waals surface area contributed by atoms with E-state index in [9.17, 15) is 18.0 Å². The standard InChI is InChI=1S/C27H31ClF3N7O3/c1-15(16(2)27(29,30)31)20-10-18-17(12-41-20)23(34-25(33-18)40-3)36-8-5-9-38-19(11-36)21(28)22(35-38)24(39)37-13-26(14-37)6-4-7-32-26/h20,32H,1-2,4-14H2,3H3. The number of carbonyl (C=O) groups excluding carboxylic acids is 1. The number of anilines is 1. The maximum atomic E-state index is 13.3. The molecule has 1 unspecified atom stereocenters. The smallest absolute Gasteiger partial charge is 0.416 e. The van der Waals surface area contributed by atoms with Crippen molar-refractivity contribution in [1.82, 2.24) is 30.0 Å². The van der Waals surface area contributed by atoms with E-state index in [2.05, 4.69) is 33.5 Å². The zero-order chi connectivity index (χ0) is 29.1. The molecule has 2 aromatic rings. The van der Waals surface area contributed by atoms with Crippen molar-refractivity contribution in [2.75, 3.05) is 38.2 Å². The normalized spacial score (nSPS) is 21.6. The number of ether oxygens (including phenoxy) is 2. The minimum atomic E-state index is -4.60. The first kappa shape index (κ1) is 28.0. The number of amides is 1. The molecule has 0 radical (unpaired) electrons. The van der Waals surface area contributed by atoms with Crippen LogP contribution < -0.4 is 15.0 Å². The average Bonchev–Trinajstić information content (AvgIpc) is 3.48. The summed E-state index contributed by atoms with van der Waals surface area (Å²) in [6.07, 6.45) is -2.61. The van der Waals surface area contributed by atoms with Crippen LogP contribution in [0.4, 0.5) is 19.0 Å². The second kappa shape index (κ2) is 10.3. The number of methoxy groups -OCH3 is 1. The van der Waals surface area contributed by atoms with Crippen molar-refractivity contribution in [1.29, 1.82) is 0 Å². The Morgan fingerprint density at radius 3 is 2.68 bits per heavy atom. The van der Waals surface area contributed by atoms with Gasteiger partial charge < -0.3 is 24.6 Å². The van der Waals surface area contributed by atoms with Gasteiger partial charge in [0.05, 0.1) is 53.9 Å². The zero-order valence-corrected chi connectivity index (χ0v) is 23.4. The minimum Gasteiger partial charge on any atom is -0.467 e. The molecule has 1 spiro atoms. The van der Waals surface area contributed by atoms with Crippen LogP contribution in [0.25, 0.3) is 0 Å². The molecule has 4 aliphatic rings. The average molecular weight is 594 g/mol. The quantitative estimate of drug-likeness (QED) is 0.527. The van der Waals surface area contributed by atoms with Crippen LogP contribution >= 0.6 is 11.6 Å². The Bertz CT molecular complexity index is 1410. The summed E-state index contributed by atoms with van der Waals surface area (Å²) in [6.45, 7) is 10.5. The van der Waals surface area contributed by atoms with Crippen molar-refractivity contribution >= 4 is 23.3 Å². The van der Waals surface area contributed by atoms with E-state index in [0.29, 0.717) is 66.9 Å². The number of nitrogens with one attached hydrogen (secondary N) is 1. The summed E-state index contributed by atoms with van der Waals surface area (Å²) < 4.78 is 52.7. The van der Waals surface area contributed by atoms with E-state index >= 15 is 0 Å². The van der Waals surface area contributed by atoms with Crippen LogP contribution in [0.15, 0.2) is 24.3 Å². The van der Waals surface area contributed by atoms with E-state index in [1.54, 1.807) is 9.58 Å². The van der Waals surface area contributed by atoms with Gasteiger partial charge in [0.15, 0.2) is 5.69 Å². The maximum Gasteiger partial charge on any atom is 0.416 e. The summed E-state index contributed by atoms with van der Waals surface area (Å²) in [4.78, 5) is 26.1. The van der Waals surface area contributed by atoms with Crippen molar-refractivity contribution in [3.05, 3.63) is 52.0 Å². The number of aromatic nitrogens is 4. The number of carbonyl (C=O) groups is 1. The highest BCUT2D eigenvalue weighted by molar-refractivity contribution is 6.34. The van der Waals surface area contributed by atoms with Gasteiger partial charge in [-0.25, -0.2) is 0 Å². The number of halogens is 4. The molecule has 4 aliphatic heterocycles. The van der Waals surface area contributed by atoms with Crippen molar-refractivity contribution < 1.29 is 27.4 Å². The molecule has 10 nitrogen and oxygen atoms in total. The van der Waals surface area contributed by atoms with Crippen molar-refractivity contribution in [2.45, 2.75) is 63.2 Å². The lowest BCUT2D eigenvalue weighted by molar-refractivity contribution is -0.0917. The lowest BCUT2D eigenvalue weighted by Gasteiger charge is -2.48. The van der Waals surface area contributed by atoms with Gasteiger partial charge in [-0.1, -0.05) is 24.8 Å². The molecule has 0 saturated carbocycles. The third-order valence-corrected chi connectivity index (χ3v) is 8.80. The number of rotatable bonds is 5. The molecular weight excluding hydrogens is 563 g/mol. The number of nitrogens with zero attached hydrogens (tertiary/aromatic N) is 6. The topological polar surface area (TPSA) is 97.6 Å². The molecule has 0 aromatic carbocycles. The number of likely N-dealkylation sites (tertiary alicyclic amines) is 1. The van der Waals surface area contributed by atoms with Crippen molar-refractivity contribution in [3.8, 4) is 6.01 Å². The highest BCUT2D eigenvalue weighted by atomic mass is 35.5. The van der Waals surface area contributed by atoms with Crippen LogP contribution in [0, 0.1) is 0 Å². The zero-order valence-electron chi connectivity index (χ0n) is 22.7. The van der Waals surface area contributed by atoms with Crippen LogP contribution in [0.1, 0.15) is 46.7 Å². The monoisotopic (exact) mass is 593 g/mol. The van der Waals surface area contributed by atoms with E-state index < -0.39 is 17.9 Å². The largest absolute Gasteiger partial charge is 0.467 e. The van der Waals surface area contributed by atoms with Gasteiger partial charge in [0.25, 0.3) is 5.91 Å². The second-order valence-electron chi connectivity index (χ2n) is 11.0. The Labute approximate surface area is 240 Å². The second-order valence-corrected chi connectivity index (χ2v) is 11.4. The van der Waals surface area contributed by atoms with Crippen molar-refractivity contribution in [2.24, 2.45) is 0 Å². The SMILES string of the molecule is C=C(C(=C)C(F)(F)F)C1Cc2nc(OC)nc(N3CCCn4nc(C(=O)N5CC6(CCCN6)C5)c(Cl)c4C3)c2CO1. The molecule has 0 aliphatic carbocycles. The van der Waals surface area contributed by atoms with E-state index in [-0.39, 0.29) is 41.8 Å². The van der Waals surface area contributed by atoms with Crippen LogP contribution in [-0.4, -0.2) is 81.7 Å². The van der Waals surface area contributed by atoms with Gasteiger partial charge >= 0.3 is 12.2 Å². The Kier molecular flexibility index (Phi) is 7.02. The Morgan fingerprint density at radius 2 is 2.00 bits per heavy atom. The predicted molar refractivity (Wildman–Crippen MR) is 144 cm³/mol. The minimum absolute atomic E-state index is 0.0124. The van der Waals surface area contributed by atoms with Crippen LogP contribution in [0.3, 0.4) is 0 Å². The van der Waals surface area contributed by atoms with Crippen LogP contribution in [0.5, 0.6) is 6.01 Å². The Morgan fingerprint density at radius 1 is 1.22 bits per heavy atom. The lowest BCUT2D eigenvalue weighted by atomic mass is 9.88. The summed E-state index contributed by atoms with van der Waals surface area (Å²) in [5, 5.41) is 8.42.